The van der Waals surface area contributed by atoms with Crippen LogP contribution in [0, 0.1) is 11.3 Å². The van der Waals surface area contributed by atoms with Gasteiger partial charge in [0.05, 0.1) is 17.3 Å². The fourth-order valence-electron chi connectivity index (χ4n) is 10.0. The first kappa shape index (κ1) is 37.0. The normalized spacial score (nSPS) is 13.0. The summed E-state index contributed by atoms with van der Waals surface area (Å²) < 4.78 is 0. The Bertz CT molecular complexity index is 3230. The smallest absolute Gasteiger partial charge is 0.248 e. The zero-order valence-electron chi connectivity index (χ0n) is 35.6. The molecule has 0 N–H and O–H groups in total. The fourth-order valence-corrected chi connectivity index (χ4v) is 10.0. The van der Waals surface area contributed by atoms with Crippen LogP contribution in [0.2, 0.25) is 0 Å². The number of nitriles is 1. The van der Waals surface area contributed by atoms with E-state index in [2.05, 4.69) is 227 Å². The van der Waals surface area contributed by atoms with Crippen molar-refractivity contribution in [1.82, 2.24) is 0 Å². The Morgan fingerprint density at radius 3 is 1.74 bits per heavy atom. The summed E-state index contributed by atoms with van der Waals surface area (Å²) in [4.78, 5) is 4.84. The van der Waals surface area contributed by atoms with Gasteiger partial charge in [0.2, 0.25) is 6.71 Å². The molecule has 2 heterocycles. The molecule has 0 fully saturated rings. The minimum absolute atomic E-state index is 0.0397. The van der Waals surface area contributed by atoms with Crippen molar-refractivity contribution in [2.45, 2.75) is 52.4 Å². The van der Waals surface area contributed by atoms with Crippen molar-refractivity contribution in [2.24, 2.45) is 0 Å². The van der Waals surface area contributed by atoms with Gasteiger partial charge in [-0.2, -0.15) is 5.26 Å². The Morgan fingerprint density at radius 2 is 1.11 bits per heavy atom. The molecule has 0 aliphatic carbocycles. The third-order valence-electron chi connectivity index (χ3n) is 13.1. The third kappa shape index (κ3) is 5.87. The molecule has 61 heavy (non-hydrogen) atoms. The van der Waals surface area contributed by atoms with Gasteiger partial charge in [-0.15, -0.1) is 0 Å². The largest absolute Gasteiger partial charge is 0.311 e. The van der Waals surface area contributed by atoms with Crippen LogP contribution >= 0.6 is 0 Å². The summed E-state index contributed by atoms with van der Waals surface area (Å²) in [6, 6.07) is 65.3. The molecule has 292 valence electrons. The van der Waals surface area contributed by atoms with E-state index in [1.165, 1.54) is 59.8 Å². The second-order valence-electron chi connectivity index (χ2n) is 19.0. The number of anilines is 6. The number of rotatable bonds is 4. The van der Waals surface area contributed by atoms with Crippen molar-refractivity contribution < 1.29 is 0 Å². The molecule has 0 amide bonds. The summed E-state index contributed by atoms with van der Waals surface area (Å²) in [6.45, 7) is 13.6. The number of fused-ring (bicyclic) bond motifs is 6. The Kier molecular flexibility index (Phi) is 8.16. The highest BCUT2D eigenvalue weighted by atomic mass is 15.2. The van der Waals surface area contributed by atoms with Crippen LogP contribution in [-0.4, -0.2) is 6.71 Å². The van der Waals surface area contributed by atoms with Crippen LogP contribution in [-0.2, 0) is 10.8 Å². The fraction of sp³-hybridized carbons (Fsp3) is 0.140. The lowest BCUT2D eigenvalue weighted by molar-refractivity contribution is 0.590. The van der Waals surface area contributed by atoms with Gasteiger partial charge in [0.1, 0.15) is 0 Å². The van der Waals surface area contributed by atoms with Crippen molar-refractivity contribution in [2.75, 3.05) is 9.80 Å². The summed E-state index contributed by atoms with van der Waals surface area (Å²) in [5, 5.41) is 17.9. The summed E-state index contributed by atoms with van der Waals surface area (Å²) >= 11 is 0. The second kappa shape index (κ2) is 13.5. The molecule has 0 spiro atoms. The molecule has 0 aromatic heterocycles. The highest BCUT2D eigenvalue weighted by molar-refractivity contribution is 7.01. The molecule has 9 aromatic carbocycles. The Morgan fingerprint density at radius 1 is 0.508 bits per heavy atom. The topological polar surface area (TPSA) is 30.3 Å². The van der Waals surface area contributed by atoms with E-state index in [0.717, 1.165) is 45.3 Å². The van der Waals surface area contributed by atoms with Crippen LogP contribution in [0.5, 0.6) is 0 Å². The maximum Gasteiger partial charge on any atom is 0.248 e. The Hall–Kier alpha value is -7.09. The van der Waals surface area contributed by atoms with Crippen LogP contribution in [0.25, 0.3) is 43.4 Å². The van der Waals surface area contributed by atoms with Crippen molar-refractivity contribution >= 4 is 89.5 Å². The third-order valence-corrected chi connectivity index (χ3v) is 13.1. The molecular weight excluding hydrogens is 737 g/mol. The van der Waals surface area contributed by atoms with Gasteiger partial charge in [-0.25, -0.2) is 0 Å². The Labute approximate surface area is 359 Å². The van der Waals surface area contributed by atoms with Gasteiger partial charge in [-0.05, 0) is 132 Å². The second-order valence-corrected chi connectivity index (χ2v) is 19.0. The van der Waals surface area contributed by atoms with Crippen LogP contribution in [0.3, 0.4) is 0 Å². The van der Waals surface area contributed by atoms with Gasteiger partial charge in [-0.3, -0.25) is 0 Å². The Balaban J connectivity index is 1.19. The molecule has 0 unspecified atom stereocenters. The van der Waals surface area contributed by atoms with Gasteiger partial charge in [-0.1, -0.05) is 156 Å². The zero-order chi connectivity index (χ0) is 41.8. The van der Waals surface area contributed by atoms with Crippen LogP contribution in [0.4, 0.5) is 34.1 Å². The summed E-state index contributed by atoms with van der Waals surface area (Å²) in [5.74, 6) is 0. The first-order valence-electron chi connectivity index (χ1n) is 21.4. The van der Waals surface area contributed by atoms with E-state index in [9.17, 15) is 5.26 Å². The van der Waals surface area contributed by atoms with Crippen LogP contribution < -0.4 is 26.2 Å². The lowest BCUT2D eigenvalue weighted by Crippen LogP contribution is -2.59. The van der Waals surface area contributed by atoms with Crippen molar-refractivity contribution in [1.29, 1.82) is 5.26 Å². The van der Waals surface area contributed by atoms with Crippen LogP contribution in [0.15, 0.2) is 170 Å². The molecule has 0 saturated heterocycles. The first-order valence-corrected chi connectivity index (χ1v) is 21.4. The predicted molar refractivity (Wildman–Crippen MR) is 261 cm³/mol. The van der Waals surface area contributed by atoms with Gasteiger partial charge < -0.3 is 9.80 Å². The van der Waals surface area contributed by atoms with Crippen molar-refractivity contribution in [3.05, 3.63) is 187 Å². The predicted octanol–water partition coefficient (Wildman–Crippen LogP) is 13.4. The average Bonchev–Trinajstić information content (AvgIpc) is 3.27. The highest BCUT2D eigenvalue weighted by Crippen LogP contribution is 2.47. The van der Waals surface area contributed by atoms with Gasteiger partial charge >= 0.3 is 0 Å². The van der Waals surface area contributed by atoms with E-state index in [0.29, 0.717) is 5.56 Å². The molecule has 3 nitrogen and oxygen atoms in total. The quantitative estimate of drug-likeness (QED) is 0.167. The average molecular weight is 784 g/mol. The summed E-state index contributed by atoms with van der Waals surface area (Å²) in [5.41, 5.74) is 16.0. The summed E-state index contributed by atoms with van der Waals surface area (Å²) in [6.07, 6.45) is 0. The molecule has 9 aromatic rings. The molecule has 0 saturated carbocycles. The lowest BCUT2D eigenvalue weighted by atomic mass is 9.32. The van der Waals surface area contributed by atoms with Gasteiger partial charge in [0.15, 0.2) is 0 Å². The van der Waals surface area contributed by atoms with E-state index in [-0.39, 0.29) is 17.5 Å². The van der Waals surface area contributed by atoms with Crippen molar-refractivity contribution in [3.63, 3.8) is 0 Å². The van der Waals surface area contributed by atoms with E-state index < -0.39 is 0 Å². The standard InChI is InChI=1S/C57H46BN3/c1-56(2,3)41-19-24-43(25-20-41)60(44-26-21-42(22-27-44)57(4,5)6)51-29-28-49-54-46(16-11-17-47(51)54)48-30-36(35-59)31-53-55(48)58(49)50-33-39-14-9-10-15-40(39)34-52(50)61(53)45-23-18-37-12-7-8-13-38(37)32-45/h7-34H,1-6H3. The molecule has 11 rings (SSSR count). The minimum atomic E-state index is -0.0499. The molecular formula is C57H46BN3. The minimum Gasteiger partial charge on any atom is -0.311 e. The lowest BCUT2D eigenvalue weighted by Gasteiger charge is -2.41. The highest BCUT2D eigenvalue weighted by Gasteiger charge is 2.42. The molecule has 2 aliphatic heterocycles. The van der Waals surface area contributed by atoms with E-state index in [1.54, 1.807) is 0 Å². The van der Waals surface area contributed by atoms with Crippen LogP contribution in [0.1, 0.15) is 58.2 Å². The molecule has 2 aliphatic rings. The number of nitrogens with zero attached hydrogens (tertiary/aromatic N) is 3. The van der Waals surface area contributed by atoms with Gasteiger partial charge in [0.25, 0.3) is 0 Å². The molecule has 0 radical (unpaired) electrons. The van der Waals surface area contributed by atoms with E-state index in [1.807, 2.05) is 0 Å². The maximum absolute atomic E-state index is 10.7. The SMILES string of the molecule is CC(C)(C)c1ccc(N(c2ccc(C(C)(C)C)cc2)c2ccc3c4c(cccc24)-c2cc(C#N)cc4c2B3c2cc3ccccc3cc2N4c2ccc3ccccc3c2)cc1. The number of benzene rings is 9. The first-order chi connectivity index (χ1) is 29.5. The molecule has 4 heteroatoms. The summed E-state index contributed by atoms with van der Waals surface area (Å²) in [7, 11) is 0. The monoisotopic (exact) mass is 783 g/mol. The molecule has 0 atom stereocenters. The van der Waals surface area contributed by atoms with E-state index in [4.69, 9.17) is 0 Å². The zero-order valence-corrected chi connectivity index (χ0v) is 35.6. The van der Waals surface area contributed by atoms with E-state index >= 15 is 0 Å². The van der Waals surface area contributed by atoms with Crippen molar-refractivity contribution in [3.8, 4) is 17.2 Å². The number of hydrogen-bond donors (Lipinski definition) is 0. The van der Waals surface area contributed by atoms with Gasteiger partial charge in [0, 0.05) is 33.8 Å². The molecule has 0 bridgehead atoms. The number of hydrogen-bond acceptors (Lipinski definition) is 3. The maximum atomic E-state index is 10.7.